The summed E-state index contributed by atoms with van der Waals surface area (Å²) in [5, 5.41) is 14.8. The van der Waals surface area contributed by atoms with Crippen LogP contribution < -0.4 is 5.32 Å². The van der Waals surface area contributed by atoms with E-state index in [9.17, 15) is 18.0 Å². The van der Waals surface area contributed by atoms with E-state index >= 15 is 0 Å². The van der Waals surface area contributed by atoms with Crippen molar-refractivity contribution in [3.8, 4) is 0 Å². The third-order valence-electron chi connectivity index (χ3n) is 2.29. The van der Waals surface area contributed by atoms with Gasteiger partial charge in [0.1, 0.15) is 6.04 Å². The molecule has 1 aromatic rings. The lowest BCUT2D eigenvalue weighted by Crippen LogP contribution is -2.45. The summed E-state index contributed by atoms with van der Waals surface area (Å²) < 4.78 is 25.0. The Labute approximate surface area is 110 Å². The number of carbonyl (C=O) groups excluding carboxylic acids is 1. The Morgan fingerprint density at radius 3 is 2.63 bits per heavy atom. The summed E-state index contributed by atoms with van der Waals surface area (Å²) in [5.41, 5.74) is 0. The maximum Gasteiger partial charge on any atom is 0.327 e. The molecule has 0 aliphatic heterocycles. The van der Waals surface area contributed by atoms with E-state index in [-0.39, 0.29) is 12.3 Å². The smallest absolute Gasteiger partial charge is 0.327 e. The molecule has 0 aliphatic carbocycles. The van der Waals surface area contributed by atoms with Crippen LogP contribution in [-0.4, -0.2) is 52.7 Å². The normalized spacial score (nSPS) is 12.9. The lowest BCUT2D eigenvalue weighted by Gasteiger charge is -2.13. The molecule has 1 aromatic heterocycles. The fraction of sp³-hybridized carbons (Fsp3) is 0.500. The van der Waals surface area contributed by atoms with Gasteiger partial charge in [0.25, 0.3) is 0 Å². The first-order valence-electron chi connectivity index (χ1n) is 5.48. The number of hydrogen-bond donors (Lipinski definition) is 2. The number of aromatic nitrogens is 2. The van der Waals surface area contributed by atoms with Gasteiger partial charge >= 0.3 is 5.97 Å². The van der Waals surface area contributed by atoms with Gasteiger partial charge in [0.15, 0.2) is 9.84 Å². The molecule has 1 atom stereocenters. The van der Waals surface area contributed by atoms with E-state index in [2.05, 4.69) is 10.4 Å². The molecule has 106 valence electrons. The van der Waals surface area contributed by atoms with E-state index in [1.165, 1.54) is 10.9 Å². The van der Waals surface area contributed by atoms with Crippen LogP contribution in [0.15, 0.2) is 18.5 Å². The van der Waals surface area contributed by atoms with Gasteiger partial charge in [-0.05, 0) is 6.07 Å². The molecule has 2 N–H and O–H groups in total. The summed E-state index contributed by atoms with van der Waals surface area (Å²) in [4.78, 5) is 21.7. The largest absolute Gasteiger partial charge is 0.480 e. The van der Waals surface area contributed by atoms with Crippen LogP contribution in [0.25, 0.3) is 0 Å². The summed E-state index contributed by atoms with van der Waals surface area (Å²) in [5.74, 6) is -2.84. The summed E-state index contributed by atoms with van der Waals surface area (Å²) >= 11 is 0. The van der Waals surface area contributed by atoms with Gasteiger partial charge in [-0.15, -0.1) is 0 Å². The number of aliphatic carboxylic acids is 1. The highest BCUT2D eigenvalue weighted by molar-refractivity contribution is 7.91. The summed E-state index contributed by atoms with van der Waals surface area (Å²) in [6, 6.07) is 0.226. The van der Waals surface area contributed by atoms with Gasteiger partial charge in [-0.2, -0.15) is 5.10 Å². The van der Waals surface area contributed by atoms with Crippen molar-refractivity contribution in [2.45, 2.75) is 19.5 Å². The van der Waals surface area contributed by atoms with E-state index in [1.54, 1.807) is 12.3 Å². The quantitative estimate of drug-likeness (QED) is 0.657. The molecule has 1 heterocycles. The Hall–Kier alpha value is -1.90. The molecule has 0 aromatic carbocycles. The molecule has 0 saturated carbocycles. The topological polar surface area (TPSA) is 118 Å². The molecule has 0 radical (unpaired) electrons. The van der Waals surface area contributed by atoms with Crippen molar-refractivity contribution >= 4 is 21.7 Å². The number of carboxylic acid groups (broad SMARTS) is 1. The molecular weight excluding hydrogens is 274 g/mol. The summed E-state index contributed by atoms with van der Waals surface area (Å²) in [7, 11) is -3.60. The van der Waals surface area contributed by atoms with Crippen molar-refractivity contribution in [3.05, 3.63) is 18.5 Å². The van der Waals surface area contributed by atoms with Gasteiger partial charge < -0.3 is 10.4 Å². The summed E-state index contributed by atoms with van der Waals surface area (Å²) in [6.45, 7) is 1.27. The zero-order chi connectivity index (χ0) is 14.5. The highest BCUT2D eigenvalue weighted by Gasteiger charge is 2.25. The van der Waals surface area contributed by atoms with Crippen LogP contribution in [-0.2, 0) is 26.0 Å². The van der Waals surface area contributed by atoms with E-state index < -0.39 is 33.5 Å². The van der Waals surface area contributed by atoms with Crippen LogP contribution in [0.4, 0.5) is 0 Å². The van der Waals surface area contributed by atoms with Crippen LogP contribution in [0.2, 0.25) is 0 Å². The highest BCUT2D eigenvalue weighted by Crippen LogP contribution is 1.98. The molecule has 0 fully saturated rings. The average Bonchev–Trinajstić information content (AvgIpc) is 2.77. The van der Waals surface area contributed by atoms with E-state index in [0.29, 0.717) is 0 Å². The maximum atomic E-state index is 11.8. The van der Waals surface area contributed by atoms with Gasteiger partial charge in [-0.1, -0.05) is 0 Å². The number of amides is 1. The van der Waals surface area contributed by atoms with Crippen molar-refractivity contribution in [2.24, 2.45) is 0 Å². The van der Waals surface area contributed by atoms with Gasteiger partial charge in [-0.25, -0.2) is 13.2 Å². The molecule has 1 amide bonds. The minimum absolute atomic E-state index is 0.141. The fourth-order valence-electron chi connectivity index (χ4n) is 1.42. The van der Waals surface area contributed by atoms with Crippen LogP contribution in [0.1, 0.15) is 6.92 Å². The van der Waals surface area contributed by atoms with E-state index in [0.717, 1.165) is 6.92 Å². The lowest BCUT2D eigenvalue weighted by atomic mass is 10.3. The van der Waals surface area contributed by atoms with E-state index in [1.807, 2.05) is 0 Å². The number of sulfone groups is 1. The molecule has 0 bridgehead atoms. The maximum absolute atomic E-state index is 11.8. The standard InChI is InChI=1S/C10H15N3O5S/c1-8(14)12-9(10(15)16)7-19(17,18)6-5-13-4-2-3-11-13/h2-4,9H,5-7H2,1H3,(H,12,14)(H,15,16). The van der Waals surface area contributed by atoms with Crippen molar-refractivity contribution < 1.29 is 23.1 Å². The number of rotatable bonds is 7. The number of nitrogens with zero attached hydrogens (tertiary/aromatic N) is 2. The second-order valence-electron chi connectivity index (χ2n) is 3.97. The predicted molar refractivity (Wildman–Crippen MR) is 66.1 cm³/mol. The Morgan fingerprint density at radius 1 is 1.47 bits per heavy atom. The number of nitrogens with one attached hydrogen (secondary N) is 1. The lowest BCUT2D eigenvalue weighted by molar-refractivity contribution is -0.140. The molecule has 19 heavy (non-hydrogen) atoms. The third kappa shape index (κ3) is 5.51. The first-order valence-corrected chi connectivity index (χ1v) is 7.30. The van der Waals surface area contributed by atoms with Crippen molar-refractivity contribution in [1.82, 2.24) is 15.1 Å². The van der Waals surface area contributed by atoms with Crippen molar-refractivity contribution in [2.75, 3.05) is 11.5 Å². The van der Waals surface area contributed by atoms with Gasteiger partial charge in [-0.3, -0.25) is 9.48 Å². The van der Waals surface area contributed by atoms with Crippen molar-refractivity contribution in [3.63, 3.8) is 0 Å². The number of aryl methyl sites for hydroxylation is 1. The van der Waals surface area contributed by atoms with Gasteiger partial charge in [0, 0.05) is 19.3 Å². The van der Waals surface area contributed by atoms with Gasteiger partial charge in [0.05, 0.1) is 18.1 Å². The van der Waals surface area contributed by atoms with Gasteiger partial charge in [0.2, 0.25) is 5.91 Å². The van der Waals surface area contributed by atoms with E-state index in [4.69, 9.17) is 5.11 Å². The molecule has 1 rings (SSSR count). The average molecular weight is 289 g/mol. The zero-order valence-electron chi connectivity index (χ0n) is 10.3. The second kappa shape index (κ2) is 6.32. The summed E-state index contributed by atoms with van der Waals surface area (Å²) in [6.07, 6.45) is 3.13. The molecule has 0 aliphatic rings. The molecule has 0 spiro atoms. The Balaban J connectivity index is 2.60. The monoisotopic (exact) mass is 289 g/mol. The zero-order valence-corrected chi connectivity index (χ0v) is 11.1. The number of carbonyl (C=O) groups is 2. The minimum Gasteiger partial charge on any atom is -0.480 e. The number of carboxylic acids is 1. The third-order valence-corrected chi connectivity index (χ3v) is 3.93. The molecule has 1 unspecified atom stereocenters. The highest BCUT2D eigenvalue weighted by atomic mass is 32.2. The number of hydrogen-bond acceptors (Lipinski definition) is 5. The predicted octanol–water partition coefficient (Wildman–Crippen LogP) is -1.11. The minimum atomic E-state index is -3.60. The van der Waals surface area contributed by atoms with Crippen LogP contribution in [0, 0.1) is 0 Å². The molecule has 9 heteroatoms. The Kier molecular flexibility index (Phi) is 5.04. The Morgan fingerprint density at radius 2 is 2.16 bits per heavy atom. The Bertz CT molecular complexity index is 538. The van der Waals surface area contributed by atoms with Crippen molar-refractivity contribution in [1.29, 1.82) is 0 Å². The first-order chi connectivity index (χ1) is 8.80. The van der Waals surface area contributed by atoms with Crippen LogP contribution >= 0.6 is 0 Å². The molecular formula is C10H15N3O5S. The molecule has 8 nitrogen and oxygen atoms in total. The SMILES string of the molecule is CC(=O)NC(CS(=O)(=O)CCn1cccn1)C(=O)O. The first kappa shape index (κ1) is 15.2. The molecule has 0 saturated heterocycles. The fourth-order valence-corrected chi connectivity index (χ4v) is 2.79. The van der Waals surface area contributed by atoms with Crippen LogP contribution in [0.3, 0.4) is 0 Å². The second-order valence-corrected chi connectivity index (χ2v) is 6.20. The van der Waals surface area contributed by atoms with Crippen LogP contribution in [0.5, 0.6) is 0 Å².